The SMILES string of the molecule is CC(C)c1ccccc1C1CCCN1C1CC2(CCN(c3cnc(C(=O)NS(=O)(=O)c4ccc(NCC5(F)CCNCC5)c([N+](=O)[O-])c4)c(Oc4cnc5[nH]ccc5c4)c3)CC2)C1. The van der Waals surface area contributed by atoms with E-state index in [1.165, 1.54) is 49.1 Å². The number of alkyl halides is 1. The van der Waals surface area contributed by atoms with Gasteiger partial charge in [-0.2, -0.15) is 0 Å². The number of amides is 1. The molecule has 0 bridgehead atoms. The summed E-state index contributed by atoms with van der Waals surface area (Å²) in [6.07, 6.45) is 12.1. The lowest BCUT2D eigenvalue weighted by molar-refractivity contribution is -0.384. The molecule has 3 aromatic heterocycles. The van der Waals surface area contributed by atoms with Crippen LogP contribution < -0.4 is 25.0 Å². The molecule has 332 valence electrons. The molecule has 3 saturated heterocycles. The minimum absolute atomic E-state index is 0.0197. The number of nitro benzene ring substituents is 1. The fourth-order valence-corrected chi connectivity index (χ4v) is 11.2. The predicted molar refractivity (Wildman–Crippen MR) is 239 cm³/mol. The zero-order valence-corrected chi connectivity index (χ0v) is 36.4. The number of sulfonamides is 1. The molecule has 4 aliphatic rings. The number of aromatic amines is 1. The lowest BCUT2D eigenvalue weighted by atomic mass is 9.59. The summed E-state index contributed by atoms with van der Waals surface area (Å²) < 4.78 is 50.9. The number of fused-ring (bicyclic) bond motifs is 1. The topological polar surface area (TPSA) is 188 Å². The highest BCUT2D eigenvalue weighted by molar-refractivity contribution is 7.90. The molecule has 2 aromatic carbocycles. The summed E-state index contributed by atoms with van der Waals surface area (Å²) in [6, 6.07) is 18.4. The fourth-order valence-electron chi connectivity index (χ4n) is 10.2. The first-order valence-electron chi connectivity index (χ1n) is 22.0. The second-order valence-electron chi connectivity index (χ2n) is 18.1. The number of likely N-dealkylation sites (tertiary alicyclic amines) is 1. The van der Waals surface area contributed by atoms with Crippen molar-refractivity contribution in [1.82, 2.24) is 29.9 Å². The second kappa shape index (κ2) is 17.1. The molecule has 1 amide bonds. The number of carbonyl (C=O) groups is 1. The van der Waals surface area contributed by atoms with Crippen molar-refractivity contribution >= 4 is 44.0 Å². The number of rotatable bonds is 13. The van der Waals surface area contributed by atoms with E-state index in [1.807, 2.05) is 10.8 Å². The molecule has 1 atom stereocenters. The van der Waals surface area contributed by atoms with Crippen LogP contribution in [-0.4, -0.2) is 90.1 Å². The van der Waals surface area contributed by atoms with Crippen LogP contribution >= 0.6 is 0 Å². The van der Waals surface area contributed by atoms with Gasteiger partial charge in [0.25, 0.3) is 21.6 Å². The van der Waals surface area contributed by atoms with E-state index in [2.05, 4.69) is 73.5 Å². The number of benzene rings is 2. The zero-order chi connectivity index (χ0) is 43.9. The molecule has 5 aromatic rings. The first-order chi connectivity index (χ1) is 30.3. The van der Waals surface area contributed by atoms with Crippen LogP contribution in [0.5, 0.6) is 11.5 Å². The summed E-state index contributed by atoms with van der Waals surface area (Å²) in [6.45, 7) is 8.05. The highest BCUT2D eigenvalue weighted by atomic mass is 32.2. The van der Waals surface area contributed by atoms with Crippen LogP contribution in [0.15, 0.2) is 84.1 Å². The number of hydrogen-bond donors (Lipinski definition) is 4. The van der Waals surface area contributed by atoms with Crippen molar-refractivity contribution in [2.24, 2.45) is 5.41 Å². The van der Waals surface area contributed by atoms with E-state index in [-0.39, 0.29) is 41.9 Å². The molecular formula is C46H54FN9O6S. The number of ether oxygens (including phenoxy) is 1. The van der Waals surface area contributed by atoms with Gasteiger partial charge in [0.1, 0.15) is 22.8 Å². The molecule has 1 spiro atoms. The van der Waals surface area contributed by atoms with Crippen molar-refractivity contribution in [3.8, 4) is 11.5 Å². The quantitative estimate of drug-likeness (QED) is 0.0661. The molecular weight excluding hydrogens is 826 g/mol. The van der Waals surface area contributed by atoms with Gasteiger partial charge in [-0.1, -0.05) is 38.1 Å². The molecule has 3 aliphatic heterocycles. The number of nitro groups is 1. The van der Waals surface area contributed by atoms with Crippen molar-refractivity contribution in [2.45, 2.75) is 93.8 Å². The Morgan fingerprint density at radius 3 is 2.56 bits per heavy atom. The Kier molecular flexibility index (Phi) is 11.6. The van der Waals surface area contributed by atoms with Crippen LogP contribution in [0.25, 0.3) is 11.0 Å². The molecule has 4 N–H and O–H groups in total. The van der Waals surface area contributed by atoms with Crippen LogP contribution in [0.3, 0.4) is 0 Å². The van der Waals surface area contributed by atoms with Gasteiger partial charge in [-0.25, -0.2) is 27.5 Å². The Balaban J connectivity index is 0.905. The normalized spacial score (nSPS) is 20.2. The van der Waals surface area contributed by atoms with Gasteiger partial charge < -0.3 is 25.3 Å². The van der Waals surface area contributed by atoms with Crippen molar-refractivity contribution in [3.63, 3.8) is 0 Å². The molecule has 1 saturated carbocycles. The monoisotopic (exact) mass is 879 g/mol. The summed E-state index contributed by atoms with van der Waals surface area (Å²) in [5.74, 6) is -0.272. The Morgan fingerprint density at radius 1 is 1.02 bits per heavy atom. The van der Waals surface area contributed by atoms with Gasteiger partial charge in [-0.05, 0) is 118 Å². The third-order valence-electron chi connectivity index (χ3n) is 13.7. The Morgan fingerprint density at radius 2 is 1.79 bits per heavy atom. The molecule has 6 heterocycles. The second-order valence-corrected chi connectivity index (χ2v) is 19.8. The van der Waals surface area contributed by atoms with E-state index >= 15 is 4.39 Å². The van der Waals surface area contributed by atoms with Gasteiger partial charge in [0, 0.05) is 55.4 Å². The maximum atomic E-state index is 15.3. The fraction of sp³-hybridized carbons (Fsp3) is 0.457. The van der Waals surface area contributed by atoms with Crippen LogP contribution in [0, 0.1) is 15.5 Å². The van der Waals surface area contributed by atoms with E-state index in [1.54, 1.807) is 24.5 Å². The van der Waals surface area contributed by atoms with E-state index in [9.17, 15) is 23.3 Å². The number of aromatic nitrogens is 3. The van der Waals surface area contributed by atoms with Gasteiger partial charge in [0.15, 0.2) is 11.4 Å². The molecule has 17 heteroatoms. The Labute approximate surface area is 366 Å². The number of piperidine rings is 2. The average molecular weight is 880 g/mol. The van der Waals surface area contributed by atoms with Crippen molar-refractivity contribution < 1.29 is 27.3 Å². The largest absolute Gasteiger partial charge is 0.453 e. The summed E-state index contributed by atoms with van der Waals surface area (Å²) in [7, 11) is -4.66. The van der Waals surface area contributed by atoms with Crippen LogP contribution in [-0.2, 0) is 10.0 Å². The third kappa shape index (κ3) is 8.82. The average Bonchev–Trinajstić information content (AvgIpc) is 3.95. The third-order valence-corrected chi connectivity index (χ3v) is 15.1. The molecule has 15 nitrogen and oxygen atoms in total. The number of carbonyl (C=O) groups excluding carboxylic acids is 1. The molecule has 9 rings (SSSR count). The number of nitrogens with zero attached hydrogens (tertiary/aromatic N) is 5. The summed E-state index contributed by atoms with van der Waals surface area (Å²) in [4.78, 5) is 41.6. The number of nitrogens with one attached hydrogen (secondary N) is 4. The predicted octanol–water partition coefficient (Wildman–Crippen LogP) is 7.99. The lowest BCUT2D eigenvalue weighted by Crippen LogP contribution is -2.55. The molecule has 1 aliphatic carbocycles. The Hall–Kier alpha value is -5.65. The maximum Gasteiger partial charge on any atom is 0.293 e. The molecule has 4 fully saturated rings. The zero-order valence-electron chi connectivity index (χ0n) is 35.6. The van der Waals surface area contributed by atoms with Crippen LogP contribution in [0.4, 0.5) is 21.5 Å². The summed E-state index contributed by atoms with van der Waals surface area (Å²) >= 11 is 0. The van der Waals surface area contributed by atoms with Gasteiger partial charge in [-0.3, -0.25) is 19.8 Å². The van der Waals surface area contributed by atoms with E-state index in [0.29, 0.717) is 42.5 Å². The van der Waals surface area contributed by atoms with Gasteiger partial charge >= 0.3 is 0 Å². The summed E-state index contributed by atoms with van der Waals surface area (Å²) in [5.41, 5.74) is 2.10. The van der Waals surface area contributed by atoms with E-state index < -0.39 is 37.1 Å². The van der Waals surface area contributed by atoms with Crippen molar-refractivity contribution in [3.05, 3.63) is 106 Å². The van der Waals surface area contributed by atoms with E-state index in [4.69, 9.17) is 4.74 Å². The van der Waals surface area contributed by atoms with Gasteiger partial charge in [0.2, 0.25) is 0 Å². The number of halogens is 1. The Bertz CT molecular complexity index is 2620. The maximum absolute atomic E-state index is 15.3. The number of pyridine rings is 2. The van der Waals surface area contributed by atoms with Gasteiger partial charge in [0.05, 0.1) is 27.9 Å². The number of H-pyrrole nitrogens is 1. The lowest BCUT2D eigenvalue weighted by Gasteiger charge is -2.56. The minimum atomic E-state index is -4.66. The highest BCUT2D eigenvalue weighted by Crippen LogP contribution is 2.54. The van der Waals surface area contributed by atoms with E-state index in [0.717, 1.165) is 55.7 Å². The van der Waals surface area contributed by atoms with Crippen LogP contribution in [0.1, 0.15) is 98.8 Å². The minimum Gasteiger partial charge on any atom is -0.453 e. The van der Waals surface area contributed by atoms with Crippen molar-refractivity contribution in [1.29, 1.82) is 0 Å². The molecule has 63 heavy (non-hydrogen) atoms. The van der Waals surface area contributed by atoms with Crippen molar-refractivity contribution in [2.75, 3.05) is 49.5 Å². The standard InChI is InChI=1S/C46H54FN9O6S/c1-30(2)36-6-3-4-7-37(36)39-8-5-19-55(39)33-25-45(26-33)14-20-54(21-15-45)32-23-41(62-34-22-31-11-16-49-43(31)51-28-34)42(50-27-32)44(57)53-63(60,61)35-9-10-38(40(24-35)56(58)59)52-29-46(47)12-17-48-18-13-46/h3-4,6-7,9-11,16,22-24,27-28,30,33,39,48,52H,5,8,12-15,17-21,25-26,29H2,1-2H3,(H,49,51)(H,53,57). The molecule has 1 unspecified atom stereocenters. The first kappa shape index (κ1) is 42.6. The van der Waals surface area contributed by atoms with Gasteiger partial charge in [-0.15, -0.1) is 0 Å². The summed E-state index contributed by atoms with van der Waals surface area (Å²) in [5, 5.41) is 18.7. The number of anilines is 2. The smallest absolute Gasteiger partial charge is 0.293 e. The molecule has 0 radical (unpaired) electrons. The number of hydrogen-bond acceptors (Lipinski definition) is 12. The van der Waals surface area contributed by atoms with Crippen LogP contribution in [0.2, 0.25) is 0 Å². The highest BCUT2D eigenvalue weighted by Gasteiger charge is 2.50. The first-order valence-corrected chi connectivity index (χ1v) is 23.5.